The molecule has 1 fully saturated rings. The number of hydrogen-bond acceptors (Lipinski definition) is 6. The van der Waals surface area contributed by atoms with E-state index >= 15 is 0 Å². The third-order valence-electron chi connectivity index (χ3n) is 2.33. The molecule has 0 amide bonds. The van der Waals surface area contributed by atoms with E-state index in [9.17, 15) is 0 Å². The molecule has 84 valence electrons. The van der Waals surface area contributed by atoms with Crippen LogP contribution in [-0.4, -0.2) is 0 Å². The zero-order valence-corrected chi connectivity index (χ0v) is 9.39. The van der Waals surface area contributed by atoms with E-state index in [1.54, 1.807) is 36.4 Å². The summed E-state index contributed by atoms with van der Waals surface area (Å²) in [6, 6.07) is 10.1. The van der Waals surface area contributed by atoms with E-state index in [2.05, 4.69) is 0 Å². The Kier molecular flexibility index (Phi) is 3.81. The Bertz CT molecular complexity index is 712. The first-order valence-corrected chi connectivity index (χ1v) is 4.80. The average Bonchev–Trinajstić information content (AvgIpc) is 3.14. The highest BCUT2D eigenvalue weighted by molar-refractivity contribution is 5.88. The summed E-state index contributed by atoms with van der Waals surface area (Å²) in [6.07, 6.45) is -0.215. The van der Waals surface area contributed by atoms with Crippen molar-refractivity contribution in [3.63, 3.8) is 0 Å². The number of allylic oxidation sites excluding steroid dienone is 6. The van der Waals surface area contributed by atoms with Gasteiger partial charge in [-0.3, -0.25) is 0 Å². The van der Waals surface area contributed by atoms with Gasteiger partial charge in [0, 0.05) is 16.7 Å². The van der Waals surface area contributed by atoms with Crippen molar-refractivity contribution in [3.05, 3.63) is 33.4 Å². The van der Waals surface area contributed by atoms with E-state index in [1.807, 2.05) is 0 Å². The van der Waals surface area contributed by atoms with Crippen LogP contribution in [0.1, 0.15) is 6.42 Å². The quantitative estimate of drug-likeness (QED) is 0.636. The Hall–Kier alpha value is -3.84. The normalized spacial score (nSPS) is 10.7. The Labute approximate surface area is 108 Å². The maximum Gasteiger partial charge on any atom is 0.138 e. The number of rotatable bonds is 1. The topological polar surface area (TPSA) is 143 Å². The monoisotopic (exact) mass is 242 g/mol. The van der Waals surface area contributed by atoms with Gasteiger partial charge in [-0.2, -0.15) is 31.6 Å². The fourth-order valence-electron chi connectivity index (χ4n) is 1.53. The van der Waals surface area contributed by atoms with Gasteiger partial charge in [0.15, 0.2) is 0 Å². The van der Waals surface area contributed by atoms with E-state index in [-0.39, 0.29) is 39.9 Å². The molecule has 0 unspecified atom stereocenters. The van der Waals surface area contributed by atoms with Gasteiger partial charge in [-0.15, -0.1) is 0 Å². The molecule has 0 bridgehead atoms. The number of hydrogen-bond donors (Lipinski definition) is 0. The van der Waals surface area contributed by atoms with Gasteiger partial charge in [0.2, 0.25) is 0 Å². The van der Waals surface area contributed by atoms with Crippen LogP contribution >= 0.6 is 0 Å². The van der Waals surface area contributed by atoms with Gasteiger partial charge < -0.3 is 0 Å². The van der Waals surface area contributed by atoms with Gasteiger partial charge in [0.05, 0.1) is 24.1 Å². The van der Waals surface area contributed by atoms with Gasteiger partial charge in [-0.25, -0.2) is 0 Å². The van der Waals surface area contributed by atoms with E-state index in [0.29, 0.717) is 0 Å². The second-order valence-corrected chi connectivity index (χ2v) is 3.25. The molecular formula is C13H2N6. The highest BCUT2D eigenvalue weighted by atomic mass is 14.4. The van der Waals surface area contributed by atoms with E-state index in [4.69, 9.17) is 31.6 Å². The lowest BCUT2D eigenvalue weighted by atomic mass is 10.2. The van der Waals surface area contributed by atoms with E-state index in [0.717, 1.165) is 0 Å². The van der Waals surface area contributed by atoms with Crippen LogP contribution in [0.2, 0.25) is 0 Å². The molecule has 0 spiro atoms. The number of nitrogens with zero attached hydrogens (tertiary/aromatic N) is 6. The van der Waals surface area contributed by atoms with Gasteiger partial charge in [-0.1, -0.05) is 0 Å². The lowest BCUT2D eigenvalue weighted by Gasteiger charge is -1.83. The second-order valence-electron chi connectivity index (χ2n) is 3.25. The molecule has 0 N–H and O–H groups in total. The average molecular weight is 242 g/mol. The SMILES string of the molecule is N#CCC(C#N)=C1C(=C(C#N)C#N)C1=C(C#N)C#N. The van der Waals surface area contributed by atoms with E-state index < -0.39 is 0 Å². The van der Waals surface area contributed by atoms with Crippen molar-refractivity contribution in [2.24, 2.45) is 0 Å². The molecule has 1 aliphatic carbocycles. The minimum atomic E-state index is -0.279. The molecule has 0 saturated heterocycles. The van der Waals surface area contributed by atoms with Gasteiger partial charge in [-0.05, 0) is 0 Å². The molecule has 19 heavy (non-hydrogen) atoms. The smallest absolute Gasteiger partial charge is 0.138 e. The molecule has 1 aliphatic rings. The summed E-state index contributed by atoms with van der Waals surface area (Å²) in [6.45, 7) is 0. The molecule has 6 heteroatoms. The molecule has 0 aromatic carbocycles. The molecule has 0 aromatic heterocycles. The summed E-state index contributed by atoms with van der Waals surface area (Å²) < 4.78 is 0. The van der Waals surface area contributed by atoms with Crippen LogP contribution in [0.4, 0.5) is 0 Å². The fourth-order valence-corrected chi connectivity index (χ4v) is 1.53. The maximum absolute atomic E-state index is 8.92. The fraction of sp³-hybridized carbons (Fsp3) is 0.0769. The minimum absolute atomic E-state index is 0.0403. The Balaban J connectivity index is 3.73. The van der Waals surface area contributed by atoms with Crippen molar-refractivity contribution in [1.29, 1.82) is 31.6 Å². The number of nitriles is 6. The van der Waals surface area contributed by atoms with Crippen LogP contribution in [0.3, 0.4) is 0 Å². The first-order chi connectivity index (χ1) is 9.19. The molecule has 0 aromatic rings. The van der Waals surface area contributed by atoms with Crippen molar-refractivity contribution in [3.8, 4) is 36.4 Å². The first kappa shape index (κ1) is 13.2. The molecule has 6 nitrogen and oxygen atoms in total. The van der Waals surface area contributed by atoms with Crippen molar-refractivity contribution >= 4 is 0 Å². The lowest BCUT2D eigenvalue weighted by Crippen LogP contribution is -1.76. The Morgan fingerprint density at radius 1 is 0.632 bits per heavy atom. The molecule has 1 rings (SSSR count). The summed E-state index contributed by atoms with van der Waals surface area (Å²) in [5.41, 5.74) is -0.0825. The lowest BCUT2D eigenvalue weighted by molar-refractivity contribution is 1.26. The Morgan fingerprint density at radius 2 is 1.05 bits per heavy atom. The summed E-state index contributed by atoms with van der Waals surface area (Å²) >= 11 is 0. The highest BCUT2D eigenvalue weighted by Crippen LogP contribution is 2.50. The standard InChI is InChI=1S/C13H2N6/c14-2-1-8(3-15)11-12(9(4-16)5-17)13(11)10(6-18)7-19/h1H2. The Morgan fingerprint density at radius 3 is 1.32 bits per heavy atom. The van der Waals surface area contributed by atoms with Gasteiger partial charge in [0.1, 0.15) is 35.4 Å². The summed E-state index contributed by atoms with van der Waals surface area (Å²) in [5, 5.41) is 52.7. The van der Waals surface area contributed by atoms with Crippen LogP contribution in [0, 0.1) is 68.0 Å². The summed E-state index contributed by atoms with van der Waals surface area (Å²) in [7, 11) is 0. The molecule has 1 saturated carbocycles. The van der Waals surface area contributed by atoms with Crippen molar-refractivity contribution in [2.75, 3.05) is 0 Å². The van der Waals surface area contributed by atoms with Crippen molar-refractivity contribution in [2.45, 2.75) is 6.42 Å². The predicted octanol–water partition coefficient (Wildman–Crippen LogP) is 1.42. The largest absolute Gasteiger partial charge is 0.198 e. The van der Waals surface area contributed by atoms with Crippen LogP contribution in [0.25, 0.3) is 0 Å². The van der Waals surface area contributed by atoms with Gasteiger partial charge in [0.25, 0.3) is 0 Å². The summed E-state index contributed by atoms with van der Waals surface area (Å²) in [4.78, 5) is 0. The molecule has 0 heterocycles. The molecule has 0 aliphatic heterocycles. The van der Waals surface area contributed by atoms with Crippen molar-refractivity contribution < 1.29 is 0 Å². The third kappa shape index (κ3) is 2.16. The minimum Gasteiger partial charge on any atom is -0.198 e. The maximum atomic E-state index is 8.92. The van der Waals surface area contributed by atoms with Crippen LogP contribution < -0.4 is 0 Å². The van der Waals surface area contributed by atoms with Crippen LogP contribution in [0.5, 0.6) is 0 Å². The highest BCUT2D eigenvalue weighted by Gasteiger charge is 2.40. The zero-order valence-electron chi connectivity index (χ0n) is 9.39. The van der Waals surface area contributed by atoms with Crippen molar-refractivity contribution in [1.82, 2.24) is 0 Å². The first-order valence-electron chi connectivity index (χ1n) is 4.80. The zero-order chi connectivity index (χ0) is 14.4. The second kappa shape index (κ2) is 5.48. The molecular weight excluding hydrogens is 240 g/mol. The van der Waals surface area contributed by atoms with E-state index in [1.165, 1.54) is 0 Å². The van der Waals surface area contributed by atoms with Crippen LogP contribution in [0.15, 0.2) is 33.4 Å². The van der Waals surface area contributed by atoms with Gasteiger partial charge >= 0.3 is 0 Å². The van der Waals surface area contributed by atoms with Crippen LogP contribution in [-0.2, 0) is 0 Å². The third-order valence-corrected chi connectivity index (χ3v) is 2.33. The predicted molar refractivity (Wildman–Crippen MR) is 59.4 cm³/mol. The molecule has 0 radical (unpaired) electrons. The molecule has 0 atom stereocenters. The summed E-state index contributed by atoms with van der Waals surface area (Å²) in [5.74, 6) is 0.